The molecule has 0 aliphatic carbocycles. The number of benzene rings is 2. The number of hydrogen-bond donors (Lipinski definition) is 1. The van der Waals surface area contributed by atoms with E-state index in [4.69, 9.17) is 34.8 Å². The molecule has 1 nitrogen and oxygen atoms in total. The third kappa shape index (κ3) is 3.25. The van der Waals surface area contributed by atoms with E-state index in [2.05, 4.69) is 5.32 Å². The summed E-state index contributed by atoms with van der Waals surface area (Å²) in [6.45, 7) is 3.30. The van der Waals surface area contributed by atoms with Crippen molar-refractivity contribution in [3.63, 3.8) is 0 Å². The molecule has 0 heterocycles. The first kappa shape index (κ1) is 16.3. The van der Waals surface area contributed by atoms with E-state index in [0.717, 1.165) is 0 Å². The quantitative estimate of drug-likeness (QED) is 0.631. The van der Waals surface area contributed by atoms with Gasteiger partial charge in [0.25, 0.3) is 0 Å². The summed E-state index contributed by atoms with van der Waals surface area (Å²) in [7, 11) is 0. The van der Waals surface area contributed by atoms with E-state index in [9.17, 15) is 8.78 Å². The molecule has 1 unspecified atom stereocenters. The van der Waals surface area contributed by atoms with Gasteiger partial charge in [0.1, 0.15) is 11.5 Å². The van der Waals surface area contributed by atoms with Crippen molar-refractivity contribution >= 4 is 40.5 Å². The van der Waals surface area contributed by atoms with Crippen LogP contribution >= 0.6 is 34.8 Å². The summed E-state index contributed by atoms with van der Waals surface area (Å²) in [5.74, 6) is -1.29. The fourth-order valence-corrected chi connectivity index (χ4v) is 2.66. The topological polar surface area (TPSA) is 12.0 Å². The summed E-state index contributed by atoms with van der Waals surface area (Å²) in [4.78, 5) is 0. The molecule has 0 amide bonds. The predicted molar refractivity (Wildman–Crippen MR) is 84.6 cm³/mol. The number of nitrogens with one attached hydrogen (secondary N) is 1. The molecule has 0 bridgehead atoms. The van der Waals surface area contributed by atoms with Gasteiger partial charge in [0, 0.05) is 0 Å². The second-order valence-corrected chi connectivity index (χ2v) is 5.85. The molecule has 21 heavy (non-hydrogen) atoms. The van der Waals surface area contributed by atoms with Gasteiger partial charge in [-0.25, -0.2) is 8.78 Å². The first-order valence-corrected chi connectivity index (χ1v) is 7.30. The van der Waals surface area contributed by atoms with Crippen molar-refractivity contribution in [1.29, 1.82) is 0 Å². The highest BCUT2D eigenvalue weighted by molar-refractivity contribution is 6.48. The maximum atomic E-state index is 14.0. The van der Waals surface area contributed by atoms with Gasteiger partial charge < -0.3 is 5.32 Å². The maximum absolute atomic E-state index is 14.0. The van der Waals surface area contributed by atoms with Crippen LogP contribution in [0.2, 0.25) is 15.1 Å². The molecule has 1 atom stereocenters. The Morgan fingerprint density at radius 1 is 1.00 bits per heavy atom. The lowest BCUT2D eigenvalue weighted by molar-refractivity contribution is 0.579. The summed E-state index contributed by atoms with van der Waals surface area (Å²) in [6, 6.07) is 5.40. The van der Waals surface area contributed by atoms with E-state index in [1.54, 1.807) is 26.0 Å². The lowest BCUT2D eigenvalue weighted by atomic mass is 10.1. The van der Waals surface area contributed by atoms with E-state index in [0.29, 0.717) is 16.1 Å². The normalized spacial score (nSPS) is 12.3. The van der Waals surface area contributed by atoms with Crippen molar-refractivity contribution in [3.05, 3.63) is 62.1 Å². The molecule has 112 valence electrons. The minimum atomic E-state index is -0.666. The van der Waals surface area contributed by atoms with Crippen molar-refractivity contribution in [2.45, 2.75) is 19.9 Å². The van der Waals surface area contributed by atoms with E-state index in [1.165, 1.54) is 12.1 Å². The fourth-order valence-electron chi connectivity index (χ4n) is 1.96. The Morgan fingerprint density at radius 2 is 1.67 bits per heavy atom. The zero-order valence-corrected chi connectivity index (χ0v) is 13.5. The molecule has 0 saturated heterocycles. The Kier molecular flexibility index (Phi) is 4.97. The Morgan fingerprint density at radius 3 is 2.33 bits per heavy atom. The lowest BCUT2D eigenvalue weighted by Gasteiger charge is -2.19. The van der Waals surface area contributed by atoms with Gasteiger partial charge in [0.2, 0.25) is 0 Å². The van der Waals surface area contributed by atoms with Gasteiger partial charge in [0.15, 0.2) is 5.82 Å². The molecule has 0 aliphatic rings. The second kappa shape index (κ2) is 6.39. The Balaban J connectivity index is 2.37. The van der Waals surface area contributed by atoms with Gasteiger partial charge in [-0.3, -0.25) is 0 Å². The first-order valence-electron chi connectivity index (χ1n) is 6.17. The Hall–Kier alpha value is -1.03. The third-order valence-electron chi connectivity index (χ3n) is 3.18. The predicted octanol–water partition coefficient (Wildman–Crippen LogP) is 6.41. The van der Waals surface area contributed by atoms with Crippen LogP contribution in [0, 0.1) is 18.6 Å². The highest BCUT2D eigenvalue weighted by Crippen LogP contribution is 2.37. The molecule has 2 aromatic rings. The molecule has 0 spiro atoms. The van der Waals surface area contributed by atoms with E-state index < -0.39 is 17.7 Å². The minimum absolute atomic E-state index is 0.190. The highest BCUT2D eigenvalue weighted by atomic mass is 35.5. The van der Waals surface area contributed by atoms with E-state index in [-0.39, 0.29) is 15.7 Å². The molecule has 0 fully saturated rings. The molecule has 0 aromatic heterocycles. The van der Waals surface area contributed by atoms with Crippen LogP contribution in [0.15, 0.2) is 24.3 Å². The molecule has 2 aromatic carbocycles. The summed E-state index contributed by atoms with van der Waals surface area (Å²) < 4.78 is 27.8. The number of anilines is 1. The molecule has 2 rings (SSSR count). The van der Waals surface area contributed by atoms with Gasteiger partial charge in [-0.2, -0.15) is 0 Å². The fraction of sp³-hybridized carbons (Fsp3) is 0.200. The van der Waals surface area contributed by atoms with Crippen LogP contribution in [0.3, 0.4) is 0 Å². The maximum Gasteiger partial charge on any atom is 0.152 e. The molecule has 1 N–H and O–H groups in total. The van der Waals surface area contributed by atoms with Gasteiger partial charge in [0.05, 0.1) is 21.1 Å². The van der Waals surface area contributed by atoms with Crippen LogP contribution in [0.5, 0.6) is 0 Å². The zero-order chi connectivity index (χ0) is 15.7. The van der Waals surface area contributed by atoms with Crippen LogP contribution in [0.25, 0.3) is 0 Å². The number of hydrogen-bond acceptors (Lipinski definition) is 1. The SMILES string of the molecule is Cc1ccc(F)c(NC(C)c2ccc(Cl)c(Cl)c2Cl)c1F. The largest absolute Gasteiger partial charge is 0.374 e. The zero-order valence-electron chi connectivity index (χ0n) is 11.3. The van der Waals surface area contributed by atoms with Crippen molar-refractivity contribution in [3.8, 4) is 0 Å². The van der Waals surface area contributed by atoms with Crippen molar-refractivity contribution in [2.24, 2.45) is 0 Å². The summed E-state index contributed by atoms with van der Waals surface area (Å²) in [6.07, 6.45) is 0. The molecular weight excluding hydrogens is 339 g/mol. The van der Waals surface area contributed by atoms with Crippen LogP contribution in [-0.2, 0) is 0 Å². The van der Waals surface area contributed by atoms with Gasteiger partial charge >= 0.3 is 0 Å². The Bertz CT molecular complexity index is 689. The summed E-state index contributed by atoms with van der Waals surface area (Å²) in [5, 5.41) is 3.59. The minimum Gasteiger partial charge on any atom is -0.374 e. The molecule has 0 radical (unpaired) electrons. The first-order chi connectivity index (χ1) is 9.82. The van der Waals surface area contributed by atoms with Gasteiger partial charge in [-0.15, -0.1) is 0 Å². The highest BCUT2D eigenvalue weighted by Gasteiger charge is 2.18. The number of aryl methyl sites for hydroxylation is 1. The van der Waals surface area contributed by atoms with Gasteiger partial charge in [-0.1, -0.05) is 46.9 Å². The van der Waals surface area contributed by atoms with Crippen molar-refractivity contribution in [2.75, 3.05) is 5.32 Å². The standard InChI is InChI=1S/C15H12Cl3F2N/c1-7-3-6-11(19)15(14(7)20)21-8(2)9-4-5-10(16)13(18)12(9)17/h3-6,8,21H,1-2H3. The molecule has 6 heteroatoms. The number of rotatable bonds is 3. The summed E-state index contributed by atoms with van der Waals surface area (Å²) in [5.41, 5.74) is 0.766. The molecular formula is C15H12Cl3F2N. The summed E-state index contributed by atoms with van der Waals surface area (Å²) >= 11 is 18.0. The van der Waals surface area contributed by atoms with Crippen LogP contribution in [-0.4, -0.2) is 0 Å². The van der Waals surface area contributed by atoms with Crippen molar-refractivity contribution < 1.29 is 8.78 Å². The molecule has 0 aliphatic heterocycles. The van der Waals surface area contributed by atoms with Crippen LogP contribution < -0.4 is 5.32 Å². The molecule has 0 saturated carbocycles. The monoisotopic (exact) mass is 349 g/mol. The average Bonchev–Trinajstić information content (AvgIpc) is 2.45. The van der Waals surface area contributed by atoms with E-state index >= 15 is 0 Å². The second-order valence-electron chi connectivity index (χ2n) is 4.68. The average molecular weight is 351 g/mol. The van der Waals surface area contributed by atoms with Crippen molar-refractivity contribution in [1.82, 2.24) is 0 Å². The number of halogens is 5. The third-order valence-corrected chi connectivity index (χ3v) is 4.48. The Labute approximate surface area is 136 Å². The van der Waals surface area contributed by atoms with Gasteiger partial charge in [-0.05, 0) is 37.1 Å². The van der Waals surface area contributed by atoms with Crippen LogP contribution in [0.1, 0.15) is 24.1 Å². The smallest absolute Gasteiger partial charge is 0.152 e. The van der Waals surface area contributed by atoms with Crippen LogP contribution in [0.4, 0.5) is 14.5 Å². The van der Waals surface area contributed by atoms with E-state index in [1.807, 2.05) is 0 Å². The lowest BCUT2D eigenvalue weighted by Crippen LogP contribution is -2.11.